The second-order valence-corrected chi connectivity index (χ2v) is 16.5. The lowest BCUT2D eigenvalue weighted by Gasteiger charge is -2.28. The van der Waals surface area contributed by atoms with E-state index < -0.39 is 98.0 Å². The number of ether oxygens (including phenoxy) is 9. The first kappa shape index (κ1) is 56.0. The maximum Gasteiger partial charge on any atom is 0.508 e. The molecule has 0 N–H and O–H groups in total. The van der Waals surface area contributed by atoms with Gasteiger partial charge in [-0.05, 0) is 67.4 Å². The van der Waals surface area contributed by atoms with Crippen molar-refractivity contribution >= 4 is 74.0 Å². The number of esters is 5. The van der Waals surface area contributed by atoms with Gasteiger partial charge in [-0.3, -0.25) is 24.0 Å². The topological polar surface area (TPSA) is 209 Å². The van der Waals surface area contributed by atoms with E-state index in [1.165, 1.54) is 20.8 Å². The number of benzene rings is 1. The molecule has 20 heteroatoms. The molecule has 0 heterocycles. The van der Waals surface area contributed by atoms with Gasteiger partial charge >= 0.3 is 42.2 Å². The zero-order valence-electron chi connectivity index (χ0n) is 36.2. The van der Waals surface area contributed by atoms with Gasteiger partial charge in [0.05, 0.1) is 13.2 Å². The van der Waals surface area contributed by atoms with Gasteiger partial charge in [-0.25, -0.2) is 9.59 Å². The van der Waals surface area contributed by atoms with Crippen molar-refractivity contribution in [2.45, 2.75) is 54.1 Å². The second kappa shape index (κ2) is 30.1. The van der Waals surface area contributed by atoms with Crippen LogP contribution in [0.5, 0.6) is 0 Å². The Balaban J connectivity index is 0.00000391. The summed E-state index contributed by atoms with van der Waals surface area (Å²) in [6, 6.07) is 8.67. The summed E-state index contributed by atoms with van der Waals surface area (Å²) in [5, 5.41) is 1.14. The van der Waals surface area contributed by atoms with Crippen LogP contribution in [0.2, 0.25) is 0 Å². The smallest absolute Gasteiger partial charge is 0.465 e. The molecule has 0 aliphatic rings. The van der Waals surface area contributed by atoms with Gasteiger partial charge in [0, 0.05) is 37.6 Å². The number of hydrogen-bond acceptors (Lipinski definition) is 18. The van der Waals surface area contributed by atoms with Gasteiger partial charge in [0.1, 0.15) is 62.5 Å². The SMILES string of the molecule is CC(=O)OCC(C)(COC(=O)OCC(C)(COC(=O)OCC(C)(COC(C)=O)C(=O)OCCCBr)C(=O)OCc1ccccc1)C(=O)OCCCBr.CN(C)CCN(C)C. The van der Waals surface area contributed by atoms with Crippen LogP contribution < -0.4 is 0 Å². The normalized spacial score (nSPS) is 13.8. The third-order valence-electron chi connectivity index (χ3n) is 7.93. The fourth-order valence-corrected chi connectivity index (χ4v) is 4.50. The van der Waals surface area contributed by atoms with Crippen LogP contribution in [0.25, 0.3) is 0 Å². The molecule has 1 aromatic carbocycles. The molecule has 0 aliphatic carbocycles. The van der Waals surface area contributed by atoms with E-state index in [2.05, 4.69) is 69.9 Å². The third-order valence-corrected chi connectivity index (χ3v) is 9.05. The minimum atomic E-state index is -1.82. The van der Waals surface area contributed by atoms with Crippen molar-refractivity contribution in [3.63, 3.8) is 0 Å². The molecule has 0 radical (unpaired) electrons. The highest BCUT2D eigenvalue weighted by molar-refractivity contribution is 9.09. The number of halogens is 2. The number of hydrogen-bond donors (Lipinski definition) is 0. The van der Waals surface area contributed by atoms with Crippen LogP contribution in [0.15, 0.2) is 30.3 Å². The van der Waals surface area contributed by atoms with Crippen molar-refractivity contribution in [1.82, 2.24) is 9.80 Å². The van der Waals surface area contributed by atoms with Crippen molar-refractivity contribution < 1.29 is 76.2 Å². The van der Waals surface area contributed by atoms with E-state index in [-0.39, 0.29) is 19.8 Å². The number of rotatable bonds is 26. The van der Waals surface area contributed by atoms with Crippen molar-refractivity contribution in [2.24, 2.45) is 16.2 Å². The highest BCUT2D eigenvalue weighted by Gasteiger charge is 2.42. The van der Waals surface area contributed by atoms with Crippen molar-refractivity contribution in [2.75, 3.05) is 105 Å². The van der Waals surface area contributed by atoms with Crippen LogP contribution in [0.1, 0.15) is 53.0 Å². The Morgan fingerprint density at radius 3 is 1.12 bits per heavy atom. The predicted molar refractivity (Wildman–Crippen MR) is 224 cm³/mol. The number of carbonyl (C=O) groups is 7. The molecule has 1 rings (SSSR count). The molecule has 0 saturated carbocycles. The van der Waals surface area contributed by atoms with Crippen LogP contribution in [-0.4, -0.2) is 157 Å². The van der Waals surface area contributed by atoms with E-state index in [0.717, 1.165) is 26.9 Å². The molecular weight excluding hydrogens is 924 g/mol. The van der Waals surface area contributed by atoms with Crippen molar-refractivity contribution in [1.29, 1.82) is 0 Å². The predicted octanol–water partition coefficient (Wildman–Crippen LogP) is 4.95. The highest BCUT2D eigenvalue weighted by Crippen LogP contribution is 2.25. The minimum absolute atomic E-state index is 0.0585. The lowest BCUT2D eigenvalue weighted by molar-refractivity contribution is -0.167. The molecule has 0 saturated heterocycles. The van der Waals surface area contributed by atoms with E-state index in [0.29, 0.717) is 29.1 Å². The molecule has 0 spiro atoms. The lowest BCUT2D eigenvalue weighted by atomic mass is 9.93. The zero-order chi connectivity index (χ0) is 45.8. The molecule has 0 fully saturated rings. The van der Waals surface area contributed by atoms with Gasteiger partial charge in [-0.1, -0.05) is 62.2 Å². The average Bonchev–Trinajstić information content (AvgIpc) is 3.20. The minimum Gasteiger partial charge on any atom is -0.465 e. The molecule has 1 aromatic rings. The molecule has 0 aliphatic heterocycles. The first-order valence-corrected chi connectivity index (χ1v) is 21.2. The Morgan fingerprint density at radius 2 is 0.817 bits per heavy atom. The maximum absolute atomic E-state index is 13.3. The van der Waals surface area contributed by atoms with Crippen molar-refractivity contribution in [3.05, 3.63) is 35.9 Å². The summed E-state index contributed by atoms with van der Waals surface area (Å²) < 4.78 is 46.5. The van der Waals surface area contributed by atoms with E-state index in [9.17, 15) is 33.6 Å². The number of nitrogens with zero attached hydrogens (tertiary/aromatic N) is 2. The van der Waals surface area contributed by atoms with Gasteiger partial charge in [-0.15, -0.1) is 0 Å². The first-order chi connectivity index (χ1) is 28.1. The summed E-state index contributed by atoms with van der Waals surface area (Å²) in [5.41, 5.74) is -4.36. The molecule has 0 bridgehead atoms. The summed E-state index contributed by atoms with van der Waals surface area (Å²) in [6.45, 7) is 4.94. The molecule has 2 atom stereocenters. The van der Waals surface area contributed by atoms with E-state index in [1.54, 1.807) is 30.3 Å². The Labute approximate surface area is 369 Å². The van der Waals surface area contributed by atoms with Crippen LogP contribution in [0.4, 0.5) is 9.59 Å². The lowest BCUT2D eigenvalue weighted by Crippen LogP contribution is -2.43. The molecule has 18 nitrogen and oxygen atoms in total. The average molecular weight is 987 g/mol. The Kier molecular flexibility index (Phi) is 28.1. The van der Waals surface area contributed by atoms with Crippen LogP contribution in [0, 0.1) is 16.2 Å². The van der Waals surface area contributed by atoms with Crippen LogP contribution in [0.3, 0.4) is 0 Å². The van der Waals surface area contributed by atoms with E-state index in [1.807, 2.05) is 0 Å². The Bertz CT molecular complexity index is 1400. The fourth-order valence-electron chi connectivity index (χ4n) is 4.04. The monoisotopic (exact) mass is 984 g/mol. The molecule has 60 heavy (non-hydrogen) atoms. The summed E-state index contributed by atoms with van der Waals surface area (Å²) in [7, 11) is 8.35. The summed E-state index contributed by atoms with van der Waals surface area (Å²) in [6.07, 6.45) is -1.62. The van der Waals surface area contributed by atoms with E-state index in [4.69, 9.17) is 42.6 Å². The molecule has 2 unspecified atom stereocenters. The summed E-state index contributed by atoms with van der Waals surface area (Å²) in [5.74, 6) is -3.86. The summed E-state index contributed by atoms with van der Waals surface area (Å²) >= 11 is 6.45. The number of carbonyl (C=O) groups excluding carboxylic acids is 7. The second-order valence-electron chi connectivity index (χ2n) is 14.9. The van der Waals surface area contributed by atoms with Gasteiger partial charge in [0.15, 0.2) is 0 Å². The fraction of sp³-hybridized carbons (Fsp3) is 0.675. The summed E-state index contributed by atoms with van der Waals surface area (Å²) in [4.78, 5) is 91.4. The Hall–Kier alpha value is -4.01. The quantitative estimate of drug-likeness (QED) is 0.0521. The highest BCUT2D eigenvalue weighted by atomic mass is 79.9. The first-order valence-electron chi connectivity index (χ1n) is 19.0. The number of alkyl halides is 2. The van der Waals surface area contributed by atoms with E-state index >= 15 is 0 Å². The zero-order valence-corrected chi connectivity index (χ0v) is 39.3. The molecule has 342 valence electrons. The van der Waals surface area contributed by atoms with Gasteiger partial charge < -0.3 is 52.4 Å². The molecule has 0 amide bonds. The van der Waals surface area contributed by atoms with Crippen molar-refractivity contribution in [3.8, 4) is 0 Å². The Morgan fingerprint density at radius 1 is 0.500 bits per heavy atom. The number of likely N-dealkylation sites (N-methyl/N-ethyl adjacent to an activating group) is 2. The third kappa shape index (κ3) is 24.9. The van der Waals surface area contributed by atoms with Crippen LogP contribution >= 0.6 is 31.9 Å². The largest absolute Gasteiger partial charge is 0.508 e. The van der Waals surface area contributed by atoms with Gasteiger partial charge in [0.2, 0.25) is 0 Å². The van der Waals surface area contributed by atoms with Gasteiger partial charge in [-0.2, -0.15) is 0 Å². The molecular formula is C40H62Br2N2O16. The van der Waals surface area contributed by atoms with Crippen LogP contribution in [-0.2, 0) is 73.2 Å². The standard InChI is InChI=1S/C34H46Br2O16.C6H16N2/c1-24(37)47-18-32(3,27(39)44-15-9-13-35)20-49-30(42)51-22-34(5,29(41)46-17-26-11-7-6-8-12-26)23-52-31(43)50-21-33(4,19-48-25(2)38)28(40)45-16-10-14-36;1-7(2)5-6-8(3)4/h6-8,11-12H,9-10,13-23H2,1-5H3;5-6H2,1-4H3. The molecule has 0 aromatic heterocycles. The van der Waals surface area contributed by atoms with Gasteiger partial charge in [0.25, 0.3) is 0 Å². The maximum atomic E-state index is 13.3.